The van der Waals surface area contributed by atoms with Crippen molar-refractivity contribution in [2.45, 2.75) is 6.92 Å². The molecule has 5 nitrogen and oxygen atoms in total. The van der Waals surface area contributed by atoms with Gasteiger partial charge in [-0.15, -0.1) is 0 Å². The maximum absolute atomic E-state index is 13.7. The molecule has 2 aromatic carbocycles. The van der Waals surface area contributed by atoms with E-state index in [0.29, 0.717) is 5.69 Å². The maximum atomic E-state index is 13.7. The van der Waals surface area contributed by atoms with Crippen LogP contribution >= 0.6 is 0 Å². The van der Waals surface area contributed by atoms with Crippen molar-refractivity contribution in [3.05, 3.63) is 77.4 Å². The third kappa shape index (κ3) is 4.15. The van der Waals surface area contributed by atoms with Crippen LogP contribution < -0.4 is 10.6 Å². The van der Waals surface area contributed by atoms with Gasteiger partial charge >= 0.3 is 0 Å². The summed E-state index contributed by atoms with van der Waals surface area (Å²) >= 11 is 0. The van der Waals surface area contributed by atoms with Gasteiger partial charge in [0, 0.05) is 17.4 Å². The number of carbonyl (C=O) groups is 1. The second kappa shape index (κ2) is 7.22. The summed E-state index contributed by atoms with van der Waals surface area (Å²) in [5.74, 6) is -2.63. The van der Waals surface area contributed by atoms with Crippen molar-refractivity contribution >= 4 is 23.2 Å². The normalized spacial score (nSPS) is 10.5. The van der Waals surface area contributed by atoms with Gasteiger partial charge in [-0.1, -0.05) is 6.07 Å². The molecule has 0 aliphatic heterocycles. The van der Waals surface area contributed by atoms with Crippen LogP contribution in [0.4, 0.5) is 30.5 Å². The fourth-order valence-electron chi connectivity index (χ4n) is 2.21. The third-order valence-electron chi connectivity index (χ3n) is 3.35. The lowest BCUT2D eigenvalue weighted by molar-refractivity contribution is 0.102. The van der Waals surface area contributed by atoms with Gasteiger partial charge in [0.1, 0.15) is 23.1 Å². The van der Waals surface area contributed by atoms with Gasteiger partial charge in [0.2, 0.25) is 5.95 Å². The first-order valence-corrected chi connectivity index (χ1v) is 7.55. The van der Waals surface area contributed by atoms with E-state index in [1.54, 1.807) is 6.92 Å². The van der Waals surface area contributed by atoms with Crippen LogP contribution in [0.25, 0.3) is 0 Å². The molecule has 3 rings (SSSR count). The number of nitrogens with one attached hydrogen (secondary N) is 2. The molecule has 0 radical (unpaired) electrons. The molecule has 0 atom stereocenters. The van der Waals surface area contributed by atoms with E-state index in [0.717, 1.165) is 12.1 Å². The molecule has 8 heteroatoms. The number of hydrogen-bond acceptors (Lipinski definition) is 4. The Bertz CT molecular complexity index is 978. The minimum Gasteiger partial charge on any atom is -0.322 e. The molecule has 3 aromatic rings. The van der Waals surface area contributed by atoms with Crippen LogP contribution in [0.1, 0.15) is 16.2 Å². The molecule has 0 bridgehead atoms. The van der Waals surface area contributed by atoms with Crippen LogP contribution in [0.15, 0.2) is 48.5 Å². The van der Waals surface area contributed by atoms with Gasteiger partial charge in [0.25, 0.3) is 5.91 Å². The fraction of sp³-hybridized carbons (Fsp3) is 0.0556. The Morgan fingerprint density at radius 1 is 0.962 bits per heavy atom. The smallest absolute Gasteiger partial charge is 0.274 e. The Morgan fingerprint density at radius 2 is 1.73 bits per heavy atom. The van der Waals surface area contributed by atoms with E-state index >= 15 is 0 Å². The molecule has 0 saturated heterocycles. The van der Waals surface area contributed by atoms with Crippen molar-refractivity contribution in [3.8, 4) is 0 Å². The van der Waals surface area contributed by atoms with Crippen molar-refractivity contribution in [1.82, 2.24) is 9.97 Å². The van der Waals surface area contributed by atoms with E-state index in [-0.39, 0.29) is 23.0 Å². The number of benzene rings is 2. The maximum Gasteiger partial charge on any atom is 0.274 e. The summed E-state index contributed by atoms with van der Waals surface area (Å²) in [5.41, 5.74) is 0.694. The molecule has 0 fully saturated rings. The Kier molecular flexibility index (Phi) is 4.83. The predicted octanol–water partition coefficient (Wildman–Crippen LogP) is 4.20. The molecular formula is C18H13F3N4O. The van der Waals surface area contributed by atoms with E-state index in [1.165, 1.54) is 36.4 Å². The highest BCUT2D eigenvalue weighted by atomic mass is 19.1. The predicted molar refractivity (Wildman–Crippen MR) is 90.8 cm³/mol. The van der Waals surface area contributed by atoms with Gasteiger partial charge in [-0.05, 0) is 43.3 Å². The summed E-state index contributed by atoms with van der Waals surface area (Å²) in [4.78, 5) is 20.4. The lowest BCUT2D eigenvalue weighted by atomic mass is 10.2. The van der Waals surface area contributed by atoms with Crippen molar-refractivity contribution in [2.24, 2.45) is 0 Å². The van der Waals surface area contributed by atoms with Gasteiger partial charge in [-0.2, -0.15) is 0 Å². The summed E-state index contributed by atoms with van der Waals surface area (Å²) in [6, 6.07) is 9.84. The van der Waals surface area contributed by atoms with Crippen molar-refractivity contribution < 1.29 is 18.0 Å². The first kappa shape index (κ1) is 17.4. The van der Waals surface area contributed by atoms with Crippen LogP contribution in [-0.4, -0.2) is 15.9 Å². The summed E-state index contributed by atoms with van der Waals surface area (Å²) in [6.07, 6.45) is 0. The lowest BCUT2D eigenvalue weighted by Gasteiger charge is -2.09. The van der Waals surface area contributed by atoms with Crippen LogP contribution in [0.2, 0.25) is 0 Å². The number of rotatable bonds is 4. The number of hydrogen-bond donors (Lipinski definition) is 2. The zero-order chi connectivity index (χ0) is 18.7. The highest BCUT2D eigenvalue weighted by molar-refractivity contribution is 6.03. The van der Waals surface area contributed by atoms with E-state index < -0.39 is 23.4 Å². The topological polar surface area (TPSA) is 66.9 Å². The fourth-order valence-corrected chi connectivity index (χ4v) is 2.21. The Labute approximate surface area is 146 Å². The number of halogens is 3. The summed E-state index contributed by atoms with van der Waals surface area (Å²) in [6.45, 7) is 1.63. The average molecular weight is 358 g/mol. The third-order valence-corrected chi connectivity index (χ3v) is 3.35. The largest absolute Gasteiger partial charge is 0.322 e. The number of anilines is 3. The van der Waals surface area contributed by atoms with Crippen molar-refractivity contribution in [2.75, 3.05) is 10.6 Å². The molecule has 0 spiro atoms. The number of aromatic nitrogens is 2. The molecule has 0 aliphatic rings. The number of amides is 1. The molecule has 0 aliphatic carbocycles. The highest BCUT2D eigenvalue weighted by Crippen LogP contribution is 2.19. The standard InChI is InChI=1S/C18H13F3N4O/c1-10-7-16(17(26)23-13-4-2-3-11(19)8-13)25-18(22-10)24-15-6-5-12(20)9-14(15)21/h2-9H,1H3,(H,23,26)(H,22,24,25). The number of carbonyl (C=O) groups excluding carboxylic acids is 1. The van der Waals surface area contributed by atoms with E-state index in [2.05, 4.69) is 20.6 Å². The highest BCUT2D eigenvalue weighted by Gasteiger charge is 2.13. The van der Waals surface area contributed by atoms with Gasteiger partial charge in [0.05, 0.1) is 5.69 Å². The first-order chi connectivity index (χ1) is 12.4. The molecule has 0 saturated carbocycles. The van der Waals surface area contributed by atoms with Gasteiger partial charge < -0.3 is 10.6 Å². The molecule has 2 N–H and O–H groups in total. The molecule has 1 aromatic heterocycles. The quantitative estimate of drug-likeness (QED) is 0.734. The van der Waals surface area contributed by atoms with Crippen LogP contribution in [-0.2, 0) is 0 Å². The van der Waals surface area contributed by atoms with E-state index in [4.69, 9.17) is 0 Å². The second-order valence-electron chi connectivity index (χ2n) is 5.43. The second-order valence-corrected chi connectivity index (χ2v) is 5.43. The van der Waals surface area contributed by atoms with Gasteiger partial charge in [-0.3, -0.25) is 4.79 Å². The summed E-state index contributed by atoms with van der Waals surface area (Å²) < 4.78 is 39.9. The van der Waals surface area contributed by atoms with Gasteiger partial charge in [-0.25, -0.2) is 23.1 Å². The SMILES string of the molecule is Cc1cc(C(=O)Nc2cccc(F)c2)nc(Nc2ccc(F)cc2F)n1. The van der Waals surface area contributed by atoms with E-state index in [9.17, 15) is 18.0 Å². The molecule has 0 unspecified atom stereocenters. The number of nitrogens with zero attached hydrogens (tertiary/aromatic N) is 2. The Hall–Kier alpha value is -3.42. The minimum atomic E-state index is -0.819. The number of aryl methyl sites for hydroxylation is 1. The molecule has 132 valence electrons. The molecule has 1 amide bonds. The van der Waals surface area contributed by atoms with Crippen molar-refractivity contribution in [3.63, 3.8) is 0 Å². The van der Waals surface area contributed by atoms with Crippen LogP contribution in [0, 0.1) is 24.4 Å². The monoisotopic (exact) mass is 358 g/mol. The average Bonchev–Trinajstić information content (AvgIpc) is 2.57. The summed E-state index contributed by atoms with van der Waals surface area (Å²) in [5, 5.41) is 5.12. The minimum absolute atomic E-state index is 0.00628. The molecule has 1 heterocycles. The zero-order valence-corrected chi connectivity index (χ0v) is 13.6. The van der Waals surface area contributed by atoms with Gasteiger partial charge in [0.15, 0.2) is 0 Å². The summed E-state index contributed by atoms with van der Waals surface area (Å²) in [7, 11) is 0. The molecule has 26 heavy (non-hydrogen) atoms. The van der Waals surface area contributed by atoms with Crippen molar-refractivity contribution in [1.29, 1.82) is 0 Å². The zero-order valence-electron chi connectivity index (χ0n) is 13.6. The van der Waals surface area contributed by atoms with Crippen LogP contribution in [0.3, 0.4) is 0 Å². The van der Waals surface area contributed by atoms with Crippen LogP contribution in [0.5, 0.6) is 0 Å². The molecular weight excluding hydrogens is 345 g/mol. The van der Waals surface area contributed by atoms with E-state index in [1.807, 2.05) is 0 Å². The first-order valence-electron chi connectivity index (χ1n) is 7.55. The Morgan fingerprint density at radius 3 is 2.46 bits per heavy atom. The Balaban J connectivity index is 1.84. The lowest BCUT2D eigenvalue weighted by Crippen LogP contribution is -2.15.